The van der Waals surface area contributed by atoms with Gasteiger partial charge in [0, 0.05) is 30.3 Å². The first kappa shape index (κ1) is 13.6. The number of benzene rings is 2. The Labute approximate surface area is 124 Å². The van der Waals surface area contributed by atoms with E-state index in [1.807, 2.05) is 36.4 Å². The standard InChI is InChI=1S/C18H17NO2/c1-19(18(21)13-6-3-2-4-7-13)15-10-11-16-14(12-15)8-5-9-17(16)20/h2-4,6-7,10-12H,5,8-9H2,1H3. The van der Waals surface area contributed by atoms with Crippen molar-refractivity contribution < 1.29 is 9.59 Å². The fourth-order valence-corrected chi connectivity index (χ4v) is 2.73. The molecule has 3 heteroatoms. The number of rotatable bonds is 2. The second kappa shape index (κ2) is 5.52. The summed E-state index contributed by atoms with van der Waals surface area (Å²) in [5.74, 6) is 0.164. The van der Waals surface area contributed by atoms with Gasteiger partial charge in [0.15, 0.2) is 5.78 Å². The average Bonchev–Trinajstić information content (AvgIpc) is 2.54. The molecule has 1 aliphatic carbocycles. The van der Waals surface area contributed by atoms with E-state index in [9.17, 15) is 9.59 Å². The van der Waals surface area contributed by atoms with Crippen LogP contribution in [0, 0.1) is 0 Å². The van der Waals surface area contributed by atoms with Crippen LogP contribution in [0.25, 0.3) is 0 Å². The van der Waals surface area contributed by atoms with Crippen molar-refractivity contribution in [1.29, 1.82) is 0 Å². The first-order valence-electron chi connectivity index (χ1n) is 7.16. The predicted octanol–water partition coefficient (Wildman–Crippen LogP) is 3.48. The molecule has 0 unspecified atom stereocenters. The number of Topliss-reactive ketones (excluding diaryl/α,β-unsaturated/α-hetero) is 1. The lowest BCUT2D eigenvalue weighted by molar-refractivity contribution is 0.0971. The zero-order valence-corrected chi connectivity index (χ0v) is 12.0. The van der Waals surface area contributed by atoms with Crippen LogP contribution in [0.1, 0.15) is 39.1 Å². The Morgan fingerprint density at radius 2 is 1.81 bits per heavy atom. The maximum atomic E-state index is 12.4. The van der Waals surface area contributed by atoms with Crippen molar-refractivity contribution in [1.82, 2.24) is 0 Å². The summed E-state index contributed by atoms with van der Waals surface area (Å²) in [6, 6.07) is 14.9. The Morgan fingerprint density at radius 3 is 2.57 bits per heavy atom. The third-order valence-electron chi connectivity index (χ3n) is 3.95. The van der Waals surface area contributed by atoms with Gasteiger partial charge in [0.05, 0.1) is 0 Å². The fraction of sp³-hybridized carbons (Fsp3) is 0.222. The predicted molar refractivity (Wildman–Crippen MR) is 82.9 cm³/mol. The highest BCUT2D eigenvalue weighted by Crippen LogP contribution is 2.26. The largest absolute Gasteiger partial charge is 0.311 e. The molecule has 0 bridgehead atoms. The van der Waals surface area contributed by atoms with Crippen LogP contribution in [0.5, 0.6) is 0 Å². The first-order chi connectivity index (χ1) is 10.2. The summed E-state index contributed by atoms with van der Waals surface area (Å²) in [5.41, 5.74) is 3.35. The number of fused-ring (bicyclic) bond motifs is 1. The van der Waals surface area contributed by atoms with Gasteiger partial charge in [-0.25, -0.2) is 0 Å². The van der Waals surface area contributed by atoms with Gasteiger partial charge in [-0.15, -0.1) is 0 Å². The first-order valence-corrected chi connectivity index (χ1v) is 7.16. The summed E-state index contributed by atoms with van der Waals surface area (Å²) < 4.78 is 0. The number of ketones is 1. The van der Waals surface area contributed by atoms with Crippen molar-refractivity contribution in [2.75, 3.05) is 11.9 Å². The van der Waals surface area contributed by atoms with Crippen molar-refractivity contribution in [2.45, 2.75) is 19.3 Å². The molecule has 0 fully saturated rings. The van der Waals surface area contributed by atoms with E-state index in [0.29, 0.717) is 12.0 Å². The lowest BCUT2D eigenvalue weighted by atomic mass is 9.90. The van der Waals surface area contributed by atoms with Gasteiger partial charge in [-0.1, -0.05) is 18.2 Å². The Hall–Kier alpha value is -2.42. The van der Waals surface area contributed by atoms with Gasteiger partial charge in [0.2, 0.25) is 0 Å². The van der Waals surface area contributed by atoms with Crippen molar-refractivity contribution in [3.63, 3.8) is 0 Å². The highest BCUT2D eigenvalue weighted by Gasteiger charge is 2.19. The van der Waals surface area contributed by atoms with Gasteiger partial charge in [-0.3, -0.25) is 9.59 Å². The van der Waals surface area contributed by atoms with Crippen LogP contribution in [0.3, 0.4) is 0 Å². The number of hydrogen-bond donors (Lipinski definition) is 0. The topological polar surface area (TPSA) is 37.4 Å². The molecule has 21 heavy (non-hydrogen) atoms. The van der Waals surface area contributed by atoms with Crippen LogP contribution < -0.4 is 4.90 Å². The Morgan fingerprint density at radius 1 is 1.05 bits per heavy atom. The zero-order valence-electron chi connectivity index (χ0n) is 12.0. The normalized spacial score (nSPS) is 13.7. The van der Waals surface area contributed by atoms with E-state index in [1.165, 1.54) is 0 Å². The third-order valence-corrected chi connectivity index (χ3v) is 3.95. The van der Waals surface area contributed by atoms with E-state index < -0.39 is 0 Å². The highest BCUT2D eigenvalue weighted by molar-refractivity contribution is 6.06. The molecular weight excluding hydrogens is 262 g/mol. The third kappa shape index (κ3) is 2.59. The van der Waals surface area contributed by atoms with Crippen LogP contribution in [-0.2, 0) is 6.42 Å². The number of hydrogen-bond acceptors (Lipinski definition) is 2. The van der Waals surface area contributed by atoms with Crippen molar-refractivity contribution in [2.24, 2.45) is 0 Å². The minimum absolute atomic E-state index is 0.0438. The number of carbonyl (C=O) groups is 2. The maximum absolute atomic E-state index is 12.4. The minimum Gasteiger partial charge on any atom is -0.311 e. The summed E-state index contributed by atoms with van der Waals surface area (Å²) in [7, 11) is 1.77. The van der Waals surface area contributed by atoms with Crippen molar-refractivity contribution in [3.8, 4) is 0 Å². The Bertz CT molecular complexity index is 692. The molecule has 3 nitrogen and oxygen atoms in total. The number of amides is 1. The Kier molecular flexibility index (Phi) is 3.57. The van der Waals surface area contributed by atoms with Crippen LogP contribution in [0.4, 0.5) is 5.69 Å². The van der Waals surface area contributed by atoms with Gasteiger partial charge in [0.25, 0.3) is 5.91 Å². The van der Waals surface area contributed by atoms with E-state index in [4.69, 9.17) is 0 Å². The van der Waals surface area contributed by atoms with Gasteiger partial charge in [-0.2, -0.15) is 0 Å². The zero-order chi connectivity index (χ0) is 14.8. The summed E-state index contributed by atoms with van der Waals surface area (Å²) in [4.78, 5) is 25.9. The van der Waals surface area contributed by atoms with Crippen molar-refractivity contribution >= 4 is 17.4 Å². The Balaban J connectivity index is 1.90. The summed E-state index contributed by atoms with van der Waals surface area (Å²) in [5, 5.41) is 0. The monoisotopic (exact) mass is 279 g/mol. The number of anilines is 1. The van der Waals surface area contributed by atoms with E-state index in [0.717, 1.165) is 29.7 Å². The lowest BCUT2D eigenvalue weighted by Crippen LogP contribution is -2.26. The molecule has 0 saturated carbocycles. The second-order valence-corrected chi connectivity index (χ2v) is 5.35. The van der Waals surface area contributed by atoms with Gasteiger partial charge < -0.3 is 4.90 Å². The summed E-state index contributed by atoms with van der Waals surface area (Å²) in [6.45, 7) is 0. The molecular formula is C18H17NO2. The van der Waals surface area contributed by atoms with Crippen LogP contribution in [-0.4, -0.2) is 18.7 Å². The molecule has 0 radical (unpaired) electrons. The van der Waals surface area contributed by atoms with Crippen LogP contribution in [0.15, 0.2) is 48.5 Å². The fourth-order valence-electron chi connectivity index (χ4n) is 2.73. The molecule has 106 valence electrons. The molecule has 0 N–H and O–H groups in total. The van der Waals surface area contributed by atoms with E-state index >= 15 is 0 Å². The molecule has 0 atom stereocenters. The van der Waals surface area contributed by atoms with E-state index in [1.54, 1.807) is 24.1 Å². The number of aryl methyl sites for hydroxylation is 1. The molecule has 2 aromatic rings. The minimum atomic E-state index is -0.0438. The van der Waals surface area contributed by atoms with Gasteiger partial charge >= 0.3 is 0 Å². The van der Waals surface area contributed by atoms with Crippen LogP contribution >= 0.6 is 0 Å². The number of carbonyl (C=O) groups excluding carboxylic acids is 2. The molecule has 0 aromatic heterocycles. The second-order valence-electron chi connectivity index (χ2n) is 5.35. The van der Waals surface area contributed by atoms with E-state index in [-0.39, 0.29) is 11.7 Å². The molecule has 3 rings (SSSR count). The lowest BCUT2D eigenvalue weighted by Gasteiger charge is -2.21. The van der Waals surface area contributed by atoms with Crippen molar-refractivity contribution in [3.05, 3.63) is 65.2 Å². The molecule has 2 aromatic carbocycles. The summed E-state index contributed by atoms with van der Waals surface area (Å²) in [6.07, 6.45) is 2.43. The summed E-state index contributed by atoms with van der Waals surface area (Å²) >= 11 is 0. The smallest absolute Gasteiger partial charge is 0.258 e. The maximum Gasteiger partial charge on any atom is 0.258 e. The average molecular weight is 279 g/mol. The molecule has 0 heterocycles. The van der Waals surface area contributed by atoms with Gasteiger partial charge in [-0.05, 0) is 48.7 Å². The van der Waals surface area contributed by atoms with E-state index in [2.05, 4.69) is 0 Å². The molecule has 1 amide bonds. The molecule has 0 spiro atoms. The number of nitrogens with zero attached hydrogens (tertiary/aromatic N) is 1. The molecule has 1 aliphatic rings. The SMILES string of the molecule is CN(C(=O)c1ccccc1)c1ccc2c(c1)CCCC2=O. The quantitative estimate of drug-likeness (QED) is 0.844. The molecule has 0 aliphatic heterocycles. The molecule has 0 saturated heterocycles. The highest BCUT2D eigenvalue weighted by atomic mass is 16.2. The van der Waals surface area contributed by atoms with Gasteiger partial charge in [0.1, 0.15) is 0 Å². The van der Waals surface area contributed by atoms with Crippen LogP contribution in [0.2, 0.25) is 0 Å².